The minimum Gasteiger partial charge on any atom is -0.494 e. The normalized spacial score (nSPS) is 10.7. The highest BCUT2D eigenvalue weighted by atomic mass is 16.5. The Bertz CT molecular complexity index is 866. The Kier molecular flexibility index (Phi) is 6.26. The molecule has 0 saturated carbocycles. The van der Waals surface area contributed by atoms with E-state index in [1.165, 1.54) is 19.3 Å². The number of aromatic carboxylic acids is 1. The zero-order valence-corrected chi connectivity index (χ0v) is 15.4. The lowest BCUT2D eigenvalue weighted by atomic mass is 10.1. The van der Waals surface area contributed by atoms with Crippen molar-refractivity contribution in [2.75, 3.05) is 6.61 Å². The number of benzene rings is 2. The standard InChI is InChI=1S/C22H23NO4/c1-2-3-4-5-14-26-19-12-10-16(11-13-19)20-15-21(27-23-20)17-6-8-18(9-7-17)22(24)25/h6-13,15H,2-5,14H2,1H3,(H,24,25). The number of carboxylic acids is 1. The Labute approximate surface area is 158 Å². The molecule has 140 valence electrons. The summed E-state index contributed by atoms with van der Waals surface area (Å²) in [7, 11) is 0. The maximum absolute atomic E-state index is 10.9. The maximum atomic E-state index is 10.9. The number of carboxylic acid groups (broad SMARTS) is 1. The van der Waals surface area contributed by atoms with Crippen LogP contribution in [0.25, 0.3) is 22.6 Å². The van der Waals surface area contributed by atoms with Gasteiger partial charge in [-0.05, 0) is 42.8 Å². The molecule has 1 N–H and O–H groups in total. The Morgan fingerprint density at radius 2 is 1.70 bits per heavy atom. The molecule has 2 aromatic carbocycles. The number of rotatable bonds is 9. The van der Waals surface area contributed by atoms with Crippen molar-refractivity contribution in [3.8, 4) is 28.3 Å². The largest absolute Gasteiger partial charge is 0.494 e. The lowest BCUT2D eigenvalue weighted by Gasteiger charge is -2.06. The zero-order valence-electron chi connectivity index (χ0n) is 15.4. The third-order valence-corrected chi connectivity index (χ3v) is 4.34. The smallest absolute Gasteiger partial charge is 0.335 e. The second kappa shape index (κ2) is 9.03. The molecule has 0 fully saturated rings. The highest BCUT2D eigenvalue weighted by Gasteiger charge is 2.10. The van der Waals surface area contributed by atoms with Crippen molar-refractivity contribution in [1.29, 1.82) is 0 Å². The molecule has 1 heterocycles. The van der Waals surface area contributed by atoms with E-state index in [0.717, 1.165) is 35.6 Å². The van der Waals surface area contributed by atoms with Crippen molar-refractivity contribution in [2.24, 2.45) is 0 Å². The van der Waals surface area contributed by atoms with Crippen molar-refractivity contribution in [1.82, 2.24) is 5.16 Å². The molecule has 0 aliphatic heterocycles. The SMILES string of the molecule is CCCCCCOc1ccc(-c2cc(-c3ccc(C(=O)O)cc3)on2)cc1. The number of nitrogens with zero attached hydrogens (tertiary/aromatic N) is 1. The Morgan fingerprint density at radius 1 is 1.00 bits per heavy atom. The van der Waals surface area contributed by atoms with Gasteiger partial charge in [0.2, 0.25) is 0 Å². The van der Waals surface area contributed by atoms with Crippen LogP contribution in [0, 0.1) is 0 Å². The zero-order chi connectivity index (χ0) is 19.1. The lowest BCUT2D eigenvalue weighted by Crippen LogP contribution is -1.96. The molecule has 27 heavy (non-hydrogen) atoms. The molecule has 5 nitrogen and oxygen atoms in total. The van der Waals surface area contributed by atoms with Gasteiger partial charge in [0.1, 0.15) is 11.4 Å². The van der Waals surface area contributed by atoms with E-state index in [0.29, 0.717) is 5.76 Å². The van der Waals surface area contributed by atoms with Crippen molar-refractivity contribution >= 4 is 5.97 Å². The van der Waals surface area contributed by atoms with Gasteiger partial charge in [-0.15, -0.1) is 0 Å². The number of ether oxygens (including phenoxy) is 1. The summed E-state index contributed by atoms with van der Waals surface area (Å²) < 4.78 is 11.2. The summed E-state index contributed by atoms with van der Waals surface area (Å²) in [6.45, 7) is 2.93. The van der Waals surface area contributed by atoms with Gasteiger partial charge in [0.05, 0.1) is 12.2 Å². The summed E-state index contributed by atoms with van der Waals surface area (Å²) in [5.74, 6) is 0.494. The number of unbranched alkanes of at least 4 members (excludes halogenated alkanes) is 3. The average molecular weight is 365 g/mol. The van der Waals surface area contributed by atoms with E-state index in [1.807, 2.05) is 30.3 Å². The monoisotopic (exact) mass is 365 g/mol. The third-order valence-electron chi connectivity index (χ3n) is 4.34. The summed E-state index contributed by atoms with van der Waals surface area (Å²) in [6.07, 6.45) is 4.74. The first-order valence-corrected chi connectivity index (χ1v) is 9.21. The first-order chi connectivity index (χ1) is 13.2. The Balaban J connectivity index is 1.63. The predicted molar refractivity (Wildman–Crippen MR) is 104 cm³/mol. The van der Waals surface area contributed by atoms with Crippen LogP contribution in [0.3, 0.4) is 0 Å². The van der Waals surface area contributed by atoms with E-state index in [-0.39, 0.29) is 5.56 Å². The van der Waals surface area contributed by atoms with Gasteiger partial charge in [-0.25, -0.2) is 4.79 Å². The van der Waals surface area contributed by atoms with Crippen LogP contribution in [0.4, 0.5) is 0 Å². The summed E-state index contributed by atoms with van der Waals surface area (Å²) in [5.41, 5.74) is 2.68. The van der Waals surface area contributed by atoms with Gasteiger partial charge in [0.15, 0.2) is 5.76 Å². The van der Waals surface area contributed by atoms with Crippen LogP contribution in [0.15, 0.2) is 59.1 Å². The number of carbonyl (C=O) groups is 1. The molecule has 1 aromatic heterocycles. The fourth-order valence-electron chi connectivity index (χ4n) is 2.77. The first-order valence-electron chi connectivity index (χ1n) is 9.21. The number of aromatic nitrogens is 1. The summed E-state index contributed by atoms with van der Waals surface area (Å²) in [5, 5.41) is 13.1. The maximum Gasteiger partial charge on any atom is 0.335 e. The average Bonchev–Trinajstić information content (AvgIpc) is 3.18. The second-order valence-electron chi connectivity index (χ2n) is 6.39. The predicted octanol–water partition coefficient (Wildman–Crippen LogP) is 5.67. The molecule has 3 rings (SSSR count). The van der Waals surface area contributed by atoms with Crippen LogP contribution >= 0.6 is 0 Å². The summed E-state index contributed by atoms with van der Waals surface area (Å²) in [6, 6.07) is 16.1. The topological polar surface area (TPSA) is 72.6 Å². The Morgan fingerprint density at radius 3 is 2.37 bits per heavy atom. The van der Waals surface area contributed by atoms with Crippen molar-refractivity contribution in [3.63, 3.8) is 0 Å². The molecule has 0 aliphatic carbocycles. The highest BCUT2D eigenvalue weighted by Crippen LogP contribution is 2.27. The molecular weight excluding hydrogens is 342 g/mol. The van der Waals surface area contributed by atoms with Crippen molar-refractivity contribution < 1.29 is 19.2 Å². The van der Waals surface area contributed by atoms with Crippen LogP contribution < -0.4 is 4.74 Å². The minimum absolute atomic E-state index is 0.240. The molecule has 0 bridgehead atoms. The van der Waals surface area contributed by atoms with Gasteiger partial charge in [-0.2, -0.15) is 0 Å². The van der Waals surface area contributed by atoms with Gasteiger partial charge in [0.25, 0.3) is 0 Å². The minimum atomic E-state index is -0.951. The summed E-state index contributed by atoms with van der Waals surface area (Å²) in [4.78, 5) is 10.9. The van der Waals surface area contributed by atoms with Crippen LogP contribution in [-0.2, 0) is 0 Å². The van der Waals surface area contributed by atoms with E-state index in [9.17, 15) is 4.79 Å². The molecule has 3 aromatic rings. The first kappa shape index (κ1) is 18.7. The fraction of sp³-hybridized carbons (Fsp3) is 0.273. The van der Waals surface area contributed by atoms with Crippen LogP contribution in [-0.4, -0.2) is 22.8 Å². The van der Waals surface area contributed by atoms with Gasteiger partial charge in [0, 0.05) is 17.2 Å². The molecule has 0 aliphatic rings. The second-order valence-corrected chi connectivity index (χ2v) is 6.39. The van der Waals surface area contributed by atoms with E-state index in [2.05, 4.69) is 12.1 Å². The number of hydrogen-bond acceptors (Lipinski definition) is 4. The van der Waals surface area contributed by atoms with E-state index in [1.54, 1.807) is 24.3 Å². The van der Waals surface area contributed by atoms with E-state index >= 15 is 0 Å². The molecule has 0 amide bonds. The summed E-state index contributed by atoms with van der Waals surface area (Å²) >= 11 is 0. The fourth-order valence-corrected chi connectivity index (χ4v) is 2.77. The highest BCUT2D eigenvalue weighted by molar-refractivity contribution is 5.88. The molecule has 0 atom stereocenters. The molecule has 0 unspecified atom stereocenters. The van der Waals surface area contributed by atoms with Crippen LogP contribution in [0.1, 0.15) is 43.0 Å². The third kappa shape index (κ3) is 4.97. The van der Waals surface area contributed by atoms with Crippen molar-refractivity contribution in [3.05, 3.63) is 60.2 Å². The van der Waals surface area contributed by atoms with E-state index in [4.69, 9.17) is 14.4 Å². The van der Waals surface area contributed by atoms with Crippen molar-refractivity contribution in [2.45, 2.75) is 32.6 Å². The molecule has 5 heteroatoms. The molecule has 0 radical (unpaired) electrons. The molecule has 0 spiro atoms. The molecular formula is C22H23NO4. The Hall–Kier alpha value is -3.08. The van der Waals surface area contributed by atoms with Gasteiger partial charge in [-0.3, -0.25) is 0 Å². The lowest BCUT2D eigenvalue weighted by molar-refractivity contribution is 0.0697. The van der Waals surface area contributed by atoms with Gasteiger partial charge < -0.3 is 14.4 Å². The van der Waals surface area contributed by atoms with Crippen LogP contribution in [0.2, 0.25) is 0 Å². The van der Waals surface area contributed by atoms with Crippen LogP contribution in [0.5, 0.6) is 5.75 Å². The molecule has 0 saturated heterocycles. The van der Waals surface area contributed by atoms with E-state index < -0.39 is 5.97 Å². The number of hydrogen-bond donors (Lipinski definition) is 1. The quantitative estimate of drug-likeness (QED) is 0.495. The van der Waals surface area contributed by atoms with Gasteiger partial charge in [-0.1, -0.05) is 43.5 Å². The van der Waals surface area contributed by atoms with Gasteiger partial charge >= 0.3 is 5.97 Å².